The Bertz CT molecular complexity index is 837. The number of carbonyl (C=O) groups is 1. The Morgan fingerprint density at radius 2 is 1.39 bits per heavy atom. The molecule has 0 atom stereocenters. The highest BCUT2D eigenvalue weighted by Crippen LogP contribution is 2.30. The zero-order valence-electron chi connectivity index (χ0n) is 16.9. The van der Waals surface area contributed by atoms with Crippen LogP contribution in [0.5, 0.6) is 0 Å². The molecule has 0 saturated carbocycles. The van der Waals surface area contributed by atoms with Gasteiger partial charge >= 0.3 is 0 Å². The lowest BCUT2D eigenvalue weighted by molar-refractivity contribution is 0.0746. The van der Waals surface area contributed by atoms with Crippen LogP contribution in [0.25, 0.3) is 0 Å². The normalized spacial score (nSPS) is 17.7. The third kappa shape index (κ3) is 3.85. The van der Waals surface area contributed by atoms with Crippen LogP contribution in [0.15, 0.2) is 42.5 Å². The van der Waals surface area contributed by atoms with Gasteiger partial charge in [-0.15, -0.1) is 0 Å². The SMILES string of the molecule is Cc1ccc(C(=O)N2CCN(c3ccccc3N3CCOCC3)CC2)cc1C. The monoisotopic (exact) mass is 379 g/mol. The molecule has 0 unspecified atom stereocenters. The molecule has 148 valence electrons. The number of para-hydroxylation sites is 2. The van der Waals surface area contributed by atoms with Crippen LogP contribution in [0.2, 0.25) is 0 Å². The average molecular weight is 380 g/mol. The van der Waals surface area contributed by atoms with Crippen molar-refractivity contribution in [2.45, 2.75) is 13.8 Å². The predicted octanol–water partition coefficient (Wildman–Crippen LogP) is 3.10. The van der Waals surface area contributed by atoms with Gasteiger partial charge in [-0.2, -0.15) is 0 Å². The van der Waals surface area contributed by atoms with Crippen molar-refractivity contribution in [1.29, 1.82) is 0 Å². The summed E-state index contributed by atoms with van der Waals surface area (Å²) in [5, 5.41) is 0. The fourth-order valence-corrected chi connectivity index (χ4v) is 4.01. The lowest BCUT2D eigenvalue weighted by Crippen LogP contribution is -2.49. The van der Waals surface area contributed by atoms with Gasteiger partial charge in [-0.3, -0.25) is 4.79 Å². The molecule has 2 aromatic rings. The molecule has 2 saturated heterocycles. The first kappa shape index (κ1) is 18.8. The smallest absolute Gasteiger partial charge is 0.253 e. The summed E-state index contributed by atoms with van der Waals surface area (Å²) >= 11 is 0. The summed E-state index contributed by atoms with van der Waals surface area (Å²) in [5.41, 5.74) is 5.73. The Morgan fingerprint density at radius 1 is 0.786 bits per heavy atom. The fourth-order valence-electron chi connectivity index (χ4n) is 4.01. The molecule has 2 aliphatic rings. The molecule has 2 fully saturated rings. The van der Waals surface area contributed by atoms with Crippen molar-refractivity contribution < 1.29 is 9.53 Å². The Morgan fingerprint density at radius 3 is 2.00 bits per heavy atom. The van der Waals surface area contributed by atoms with Gasteiger partial charge in [0.1, 0.15) is 0 Å². The van der Waals surface area contributed by atoms with Gasteiger partial charge in [0.25, 0.3) is 5.91 Å². The molecule has 4 rings (SSSR count). The van der Waals surface area contributed by atoms with Gasteiger partial charge < -0.3 is 19.4 Å². The van der Waals surface area contributed by atoms with Crippen molar-refractivity contribution in [3.8, 4) is 0 Å². The molecule has 2 aliphatic heterocycles. The van der Waals surface area contributed by atoms with Gasteiger partial charge in [-0.1, -0.05) is 18.2 Å². The van der Waals surface area contributed by atoms with Crippen molar-refractivity contribution in [2.75, 3.05) is 62.3 Å². The Hall–Kier alpha value is -2.53. The highest BCUT2D eigenvalue weighted by molar-refractivity contribution is 5.94. The van der Waals surface area contributed by atoms with Gasteiger partial charge in [0, 0.05) is 44.8 Å². The van der Waals surface area contributed by atoms with E-state index in [1.165, 1.54) is 22.5 Å². The maximum Gasteiger partial charge on any atom is 0.253 e. The van der Waals surface area contributed by atoms with Crippen LogP contribution in [0.3, 0.4) is 0 Å². The molecule has 0 radical (unpaired) electrons. The number of hydrogen-bond acceptors (Lipinski definition) is 4. The van der Waals surface area contributed by atoms with Crippen molar-refractivity contribution >= 4 is 17.3 Å². The van der Waals surface area contributed by atoms with Crippen molar-refractivity contribution in [3.05, 3.63) is 59.2 Å². The van der Waals surface area contributed by atoms with Crippen molar-refractivity contribution in [3.63, 3.8) is 0 Å². The number of piperazine rings is 1. The van der Waals surface area contributed by atoms with E-state index < -0.39 is 0 Å². The largest absolute Gasteiger partial charge is 0.378 e. The summed E-state index contributed by atoms with van der Waals surface area (Å²) < 4.78 is 5.51. The Kier molecular flexibility index (Phi) is 5.53. The number of carbonyl (C=O) groups excluding carboxylic acids is 1. The molecule has 2 aromatic carbocycles. The molecule has 28 heavy (non-hydrogen) atoms. The number of ether oxygens (including phenoxy) is 1. The second-order valence-electron chi connectivity index (χ2n) is 7.67. The van der Waals surface area contributed by atoms with E-state index in [0.29, 0.717) is 0 Å². The van der Waals surface area contributed by atoms with Crippen LogP contribution in [-0.2, 0) is 4.74 Å². The van der Waals surface area contributed by atoms with Gasteiger partial charge in [0.15, 0.2) is 0 Å². The Balaban J connectivity index is 1.44. The number of hydrogen-bond donors (Lipinski definition) is 0. The summed E-state index contributed by atoms with van der Waals surface area (Å²) in [7, 11) is 0. The molecule has 0 N–H and O–H groups in total. The number of rotatable bonds is 3. The highest BCUT2D eigenvalue weighted by Gasteiger charge is 2.25. The van der Waals surface area contributed by atoms with Crippen molar-refractivity contribution in [1.82, 2.24) is 4.90 Å². The van der Waals surface area contributed by atoms with E-state index in [2.05, 4.69) is 47.9 Å². The summed E-state index contributed by atoms with van der Waals surface area (Å²) in [6.07, 6.45) is 0. The molecule has 1 amide bonds. The second kappa shape index (κ2) is 8.23. The highest BCUT2D eigenvalue weighted by atomic mass is 16.5. The van der Waals surface area contributed by atoms with E-state index in [-0.39, 0.29) is 5.91 Å². The van der Waals surface area contributed by atoms with E-state index >= 15 is 0 Å². The molecule has 5 nitrogen and oxygen atoms in total. The van der Waals surface area contributed by atoms with Gasteiger partial charge in [0.05, 0.1) is 24.6 Å². The molecule has 0 bridgehead atoms. The first-order chi connectivity index (χ1) is 13.6. The second-order valence-corrected chi connectivity index (χ2v) is 7.67. The fraction of sp³-hybridized carbons (Fsp3) is 0.435. The number of aryl methyl sites for hydroxylation is 2. The summed E-state index contributed by atoms with van der Waals surface area (Å²) in [4.78, 5) is 19.7. The predicted molar refractivity (Wildman–Crippen MR) is 114 cm³/mol. The van der Waals surface area contributed by atoms with Gasteiger partial charge in [-0.25, -0.2) is 0 Å². The molecule has 2 heterocycles. The van der Waals surface area contributed by atoms with Crippen molar-refractivity contribution in [2.24, 2.45) is 0 Å². The third-order valence-electron chi connectivity index (χ3n) is 5.89. The maximum atomic E-state index is 12.9. The number of anilines is 2. The zero-order chi connectivity index (χ0) is 19.5. The van der Waals surface area contributed by atoms with Crippen LogP contribution in [0.4, 0.5) is 11.4 Å². The van der Waals surface area contributed by atoms with E-state index in [1.807, 2.05) is 23.1 Å². The minimum atomic E-state index is 0.143. The molecule has 0 aromatic heterocycles. The van der Waals surface area contributed by atoms with Crippen LogP contribution in [0, 0.1) is 13.8 Å². The minimum Gasteiger partial charge on any atom is -0.378 e. The third-order valence-corrected chi connectivity index (χ3v) is 5.89. The van der Waals surface area contributed by atoms with E-state index in [0.717, 1.165) is 58.0 Å². The lowest BCUT2D eigenvalue weighted by atomic mass is 10.1. The molecule has 0 aliphatic carbocycles. The number of amides is 1. The molecule has 5 heteroatoms. The quantitative estimate of drug-likeness (QED) is 0.821. The number of benzene rings is 2. The topological polar surface area (TPSA) is 36.0 Å². The number of nitrogens with zero attached hydrogens (tertiary/aromatic N) is 3. The first-order valence-electron chi connectivity index (χ1n) is 10.2. The summed E-state index contributed by atoms with van der Waals surface area (Å²) in [6, 6.07) is 14.6. The maximum absolute atomic E-state index is 12.9. The summed E-state index contributed by atoms with van der Waals surface area (Å²) in [5.74, 6) is 0.143. The van der Waals surface area contributed by atoms with Gasteiger partial charge in [0.2, 0.25) is 0 Å². The van der Waals surface area contributed by atoms with Crippen LogP contribution >= 0.6 is 0 Å². The van der Waals surface area contributed by atoms with Gasteiger partial charge in [-0.05, 0) is 49.2 Å². The lowest BCUT2D eigenvalue weighted by Gasteiger charge is -2.39. The Labute approximate surface area is 167 Å². The molecular weight excluding hydrogens is 350 g/mol. The molecular formula is C23H29N3O2. The zero-order valence-corrected chi connectivity index (χ0v) is 16.9. The van der Waals surface area contributed by atoms with E-state index in [9.17, 15) is 4.79 Å². The molecule has 0 spiro atoms. The van der Waals surface area contributed by atoms with Crippen LogP contribution in [0.1, 0.15) is 21.5 Å². The number of morpholine rings is 1. The van der Waals surface area contributed by atoms with E-state index in [1.54, 1.807) is 0 Å². The average Bonchev–Trinajstić information content (AvgIpc) is 2.76. The summed E-state index contributed by atoms with van der Waals surface area (Å²) in [6.45, 7) is 10.8. The van der Waals surface area contributed by atoms with E-state index in [4.69, 9.17) is 4.74 Å². The van der Waals surface area contributed by atoms with Crippen LogP contribution in [-0.4, -0.2) is 63.3 Å². The standard InChI is InChI=1S/C23H29N3O2/c1-18-7-8-20(17-19(18)2)23(27)26-11-9-24(10-12-26)21-5-3-4-6-22(21)25-13-15-28-16-14-25/h3-8,17H,9-16H2,1-2H3. The van der Waals surface area contributed by atoms with Crippen LogP contribution < -0.4 is 9.80 Å². The first-order valence-corrected chi connectivity index (χ1v) is 10.2. The minimum absolute atomic E-state index is 0.143.